The highest BCUT2D eigenvalue weighted by atomic mass is 32.2. The molecular weight excluding hydrogens is 360 g/mol. The molecule has 6 heteroatoms. The van der Waals surface area contributed by atoms with E-state index in [1.807, 2.05) is 51.1 Å². The van der Waals surface area contributed by atoms with Crippen LogP contribution in [0, 0.1) is 0 Å². The van der Waals surface area contributed by atoms with Crippen molar-refractivity contribution in [1.82, 2.24) is 9.62 Å². The van der Waals surface area contributed by atoms with E-state index >= 15 is 0 Å². The van der Waals surface area contributed by atoms with E-state index in [-0.39, 0.29) is 16.8 Å². The Labute approximate surface area is 162 Å². The Hall–Kier alpha value is -2.18. The average Bonchev–Trinajstić information content (AvgIpc) is 2.66. The zero-order chi connectivity index (χ0) is 19.9. The predicted molar refractivity (Wildman–Crippen MR) is 108 cm³/mol. The van der Waals surface area contributed by atoms with E-state index in [0.29, 0.717) is 18.7 Å². The summed E-state index contributed by atoms with van der Waals surface area (Å²) >= 11 is 0. The van der Waals surface area contributed by atoms with Gasteiger partial charge in [0.1, 0.15) is 0 Å². The molecule has 0 radical (unpaired) electrons. The molecule has 2 aromatic rings. The maximum atomic E-state index is 12.9. The van der Waals surface area contributed by atoms with Gasteiger partial charge in [0.05, 0.1) is 4.90 Å². The van der Waals surface area contributed by atoms with Gasteiger partial charge in [-0.05, 0) is 50.1 Å². The lowest BCUT2D eigenvalue weighted by Crippen LogP contribution is -2.36. The lowest BCUT2D eigenvalue weighted by atomic mass is 10.1. The van der Waals surface area contributed by atoms with E-state index < -0.39 is 10.0 Å². The molecule has 0 bridgehead atoms. The van der Waals surface area contributed by atoms with E-state index in [9.17, 15) is 13.2 Å². The molecule has 0 aromatic heterocycles. The monoisotopic (exact) mass is 388 g/mol. The molecule has 0 spiro atoms. The molecular formula is C21H28N2O3S. The third-order valence-electron chi connectivity index (χ3n) is 4.31. The van der Waals surface area contributed by atoms with Crippen molar-refractivity contribution in [2.75, 3.05) is 6.54 Å². The fraction of sp³-hybridized carbons (Fsp3) is 0.381. The molecule has 0 aliphatic rings. The molecule has 0 atom stereocenters. The summed E-state index contributed by atoms with van der Waals surface area (Å²) in [6.07, 6.45) is 1.71. The summed E-state index contributed by atoms with van der Waals surface area (Å²) < 4.78 is 27.1. The maximum absolute atomic E-state index is 12.9. The van der Waals surface area contributed by atoms with Gasteiger partial charge in [-0.2, -0.15) is 0 Å². The number of rotatable bonds is 9. The first kappa shape index (κ1) is 21.1. The van der Waals surface area contributed by atoms with Crippen LogP contribution in [0.2, 0.25) is 0 Å². The zero-order valence-electron chi connectivity index (χ0n) is 16.2. The van der Waals surface area contributed by atoms with Crippen LogP contribution in [0.3, 0.4) is 0 Å². The van der Waals surface area contributed by atoms with Crippen LogP contribution in [0.4, 0.5) is 0 Å². The predicted octanol–water partition coefficient (Wildman–Crippen LogP) is 3.82. The largest absolute Gasteiger partial charge is 0.332 e. The Morgan fingerprint density at radius 1 is 1.04 bits per heavy atom. The van der Waals surface area contributed by atoms with Gasteiger partial charge in [-0.1, -0.05) is 43.7 Å². The van der Waals surface area contributed by atoms with Gasteiger partial charge in [0.2, 0.25) is 10.0 Å². The fourth-order valence-electron chi connectivity index (χ4n) is 2.68. The Kier molecular flexibility index (Phi) is 7.56. The zero-order valence-corrected chi connectivity index (χ0v) is 17.0. The van der Waals surface area contributed by atoms with Crippen LogP contribution in [0.1, 0.15) is 49.5 Å². The van der Waals surface area contributed by atoms with Crippen molar-refractivity contribution in [2.24, 2.45) is 0 Å². The van der Waals surface area contributed by atoms with E-state index in [0.717, 1.165) is 18.4 Å². The van der Waals surface area contributed by atoms with Crippen LogP contribution in [-0.4, -0.2) is 31.8 Å². The molecule has 1 N–H and O–H groups in total. The molecule has 27 heavy (non-hydrogen) atoms. The summed E-state index contributed by atoms with van der Waals surface area (Å²) in [5, 5.41) is 0. The van der Waals surface area contributed by atoms with Gasteiger partial charge in [0.25, 0.3) is 5.91 Å². The van der Waals surface area contributed by atoms with Gasteiger partial charge in [-0.3, -0.25) is 4.79 Å². The van der Waals surface area contributed by atoms with Crippen molar-refractivity contribution >= 4 is 15.9 Å². The SMILES string of the molecule is CCCCNS(=O)(=O)c1ccc(C(=O)N(Cc2ccccc2)C(C)C)cc1. The summed E-state index contributed by atoms with van der Waals surface area (Å²) in [7, 11) is -3.54. The number of hydrogen-bond donors (Lipinski definition) is 1. The molecule has 0 aliphatic heterocycles. The molecule has 0 aliphatic carbocycles. The van der Waals surface area contributed by atoms with Crippen molar-refractivity contribution in [3.8, 4) is 0 Å². The van der Waals surface area contributed by atoms with Gasteiger partial charge >= 0.3 is 0 Å². The van der Waals surface area contributed by atoms with Crippen LogP contribution in [0.15, 0.2) is 59.5 Å². The van der Waals surface area contributed by atoms with Crippen LogP contribution in [0.25, 0.3) is 0 Å². The van der Waals surface area contributed by atoms with Gasteiger partial charge in [0.15, 0.2) is 0 Å². The number of amides is 1. The molecule has 2 aromatic carbocycles. The van der Waals surface area contributed by atoms with Crippen LogP contribution < -0.4 is 4.72 Å². The number of hydrogen-bond acceptors (Lipinski definition) is 3. The van der Waals surface area contributed by atoms with Crippen molar-refractivity contribution in [2.45, 2.75) is 51.1 Å². The molecule has 1 amide bonds. The summed E-state index contributed by atoms with van der Waals surface area (Å²) in [5.41, 5.74) is 1.53. The topological polar surface area (TPSA) is 66.5 Å². The van der Waals surface area contributed by atoms with E-state index in [1.165, 1.54) is 12.1 Å². The van der Waals surface area contributed by atoms with Crippen LogP contribution in [0.5, 0.6) is 0 Å². The summed E-state index contributed by atoms with van der Waals surface area (Å²) in [4.78, 5) is 14.9. The normalized spacial score (nSPS) is 11.6. The smallest absolute Gasteiger partial charge is 0.254 e. The number of nitrogens with one attached hydrogen (secondary N) is 1. The van der Waals surface area contributed by atoms with Crippen molar-refractivity contribution in [3.05, 3.63) is 65.7 Å². The Balaban J connectivity index is 2.15. The van der Waals surface area contributed by atoms with Gasteiger partial charge in [-0.25, -0.2) is 13.1 Å². The van der Waals surface area contributed by atoms with Crippen molar-refractivity contribution < 1.29 is 13.2 Å². The second-order valence-corrected chi connectivity index (χ2v) is 8.56. The Morgan fingerprint density at radius 2 is 1.67 bits per heavy atom. The van der Waals surface area contributed by atoms with E-state index in [2.05, 4.69) is 4.72 Å². The molecule has 2 rings (SSSR count). The highest BCUT2D eigenvalue weighted by Gasteiger charge is 2.20. The van der Waals surface area contributed by atoms with Gasteiger partial charge in [0, 0.05) is 24.7 Å². The summed E-state index contributed by atoms with van der Waals surface area (Å²) in [5.74, 6) is -0.114. The first-order valence-electron chi connectivity index (χ1n) is 9.29. The summed E-state index contributed by atoms with van der Waals surface area (Å²) in [6, 6.07) is 16.0. The lowest BCUT2D eigenvalue weighted by molar-refractivity contribution is 0.0690. The Bertz CT molecular complexity index is 831. The highest BCUT2D eigenvalue weighted by Crippen LogP contribution is 2.16. The van der Waals surface area contributed by atoms with Gasteiger partial charge in [-0.15, -0.1) is 0 Å². The van der Waals surface area contributed by atoms with Crippen molar-refractivity contribution in [1.29, 1.82) is 0 Å². The molecule has 0 saturated carbocycles. The minimum Gasteiger partial charge on any atom is -0.332 e. The van der Waals surface area contributed by atoms with Gasteiger partial charge < -0.3 is 4.90 Å². The summed E-state index contributed by atoms with van der Waals surface area (Å²) in [6.45, 7) is 6.87. The molecule has 0 saturated heterocycles. The third-order valence-corrected chi connectivity index (χ3v) is 5.79. The molecule has 0 fully saturated rings. The number of carbonyl (C=O) groups is 1. The maximum Gasteiger partial charge on any atom is 0.254 e. The average molecular weight is 389 g/mol. The number of nitrogens with zero attached hydrogens (tertiary/aromatic N) is 1. The second-order valence-electron chi connectivity index (χ2n) is 6.79. The highest BCUT2D eigenvalue weighted by molar-refractivity contribution is 7.89. The minimum absolute atomic E-state index is 0.0248. The molecule has 0 unspecified atom stereocenters. The number of benzene rings is 2. The lowest BCUT2D eigenvalue weighted by Gasteiger charge is -2.27. The quantitative estimate of drug-likeness (QED) is 0.664. The minimum atomic E-state index is -3.54. The molecule has 0 heterocycles. The first-order valence-corrected chi connectivity index (χ1v) is 10.8. The second kappa shape index (κ2) is 9.67. The Morgan fingerprint density at radius 3 is 2.22 bits per heavy atom. The standard InChI is InChI=1S/C21H28N2O3S/c1-4-5-15-22-27(25,26)20-13-11-19(12-14-20)21(24)23(17(2)3)16-18-9-7-6-8-10-18/h6-14,17,22H,4-5,15-16H2,1-3H3. The fourth-order valence-corrected chi connectivity index (χ4v) is 3.75. The number of sulfonamides is 1. The van der Waals surface area contributed by atoms with Crippen LogP contribution in [-0.2, 0) is 16.6 Å². The number of carbonyl (C=O) groups excluding carboxylic acids is 1. The van der Waals surface area contributed by atoms with Crippen molar-refractivity contribution in [3.63, 3.8) is 0 Å². The third kappa shape index (κ3) is 5.91. The van der Waals surface area contributed by atoms with E-state index in [4.69, 9.17) is 0 Å². The molecule has 146 valence electrons. The van der Waals surface area contributed by atoms with E-state index in [1.54, 1.807) is 17.0 Å². The number of unbranched alkanes of at least 4 members (excludes halogenated alkanes) is 1. The van der Waals surface area contributed by atoms with Crippen LogP contribution >= 0.6 is 0 Å². The molecule has 5 nitrogen and oxygen atoms in total. The first-order chi connectivity index (χ1) is 12.8.